The van der Waals surface area contributed by atoms with Gasteiger partial charge < -0.3 is 9.84 Å². The summed E-state index contributed by atoms with van der Waals surface area (Å²) in [6.07, 6.45) is 0. The quantitative estimate of drug-likeness (QED) is 0.845. The number of hydrogen-bond donors (Lipinski definition) is 1. The molecule has 2 aromatic rings. The maximum absolute atomic E-state index is 12.5. The highest BCUT2D eigenvalue weighted by molar-refractivity contribution is 7.89. The van der Waals surface area contributed by atoms with Crippen LogP contribution >= 0.6 is 23.2 Å². The van der Waals surface area contributed by atoms with Gasteiger partial charge in [-0.2, -0.15) is 4.31 Å². The Labute approximate surface area is 149 Å². The number of likely N-dealkylation sites (N-methyl/N-ethyl adjacent to an activating group) is 1. The lowest BCUT2D eigenvalue weighted by Gasteiger charge is -2.17. The first kappa shape index (κ1) is 18.7. The number of sulfonamides is 1. The zero-order valence-electron chi connectivity index (χ0n) is 13.1. The SMILES string of the molecule is Cc1noc(C)c1S(=O)(=O)N(C)CC(=O)Nc1cc(Cl)ccc1Cl. The van der Waals surface area contributed by atoms with Gasteiger partial charge in [0.25, 0.3) is 0 Å². The molecule has 1 amide bonds. The molecule has 10 heteroatoms. The van der Waals surface area contributed by atoms with Crippen LogP contribution in [-0.2, 0) is 14.8 Å². The summed E-state index contributed by atoms with van der Waals surface area (Å²) in [5.41, 5.74) is 0.537. The van der Waals surface area contributed by atoms with Crippen LogP contribution in [0.2, 0.25) is 10.0 Å². The van der Waals surface area contributed by atoms with Crippen LogP contribution in [0.4, 0.5) is 5.69 Å². The summed E-state index contributed by atoms with van der Waals surface area (Å²) < 4.78 is 30.9. The number of aromatic nitrogens is 1. The lowest BCUT2D eigenvalue weighted by molar-refractivity contribution is -0.116. The summed E-state index contributed by atoms with van der Waals surface area (Å²) in [7, 11) is -2.61. The Morgan fingerprint density at radius 2 is 2.00 bits per heavy atom. The van der Waals surface area contributed by atoms with E-state index in [0.717, 1.165) is 4.31 Å². The second-order valence-electron chi connectivity index (χ2n) is 5.09. The summed E-state index contributed by atoms with van der Waals surface area (Å²) in [4.78, 5) is 12.1. The summed E-state index contributed by atoms with van der Waals surface area (Å²) in [6, 6.07) is 4.59. The van der Waals surface area contributed by atoms with Crippen LogP contribution in [-0.4, -0.2) is 37.4 Å². The second kappa shape index (κ2) is 7.10. The van der Waals surface area contributed by atoms with E-state index in [1.807, 2.05) is 0 Å². The van der Waals surface area contributed by atoms with E-state index < -0.39 is 22.5 Å². The van der Waals surface area contributed by atoms with Crippen molar-refractivity contribution in [1.29, 1.82) is 0 Å². The first-order chi connectivity index (χ1) is 11.1. The van der Waals surface area contributed by atoms with Crippen molar-refractivity contribution in [2.24, 2.45) is 0 Å². The number of carbonyl (C=O) groups is 1. The highest BCUT2D eigenvalue weighted by Gasteiger charge is 2.29. The molecule has 1 N–H and O–H groups in total. The lowest BCUT2D eigenvalue weighted by Crippen LogP contribution is -2.35. The maximum atomic E-state index is 12.5. The molecule has 0 atom stereocenters. The van der Waals surface area contributed by atoms with Crippen molar-refractivity contribution in [3.8, 4) is 0 Å². The largest absolute Gasteiger partial charge is 0.360 e. The van der Waals surface area contributed by atoms with Crippen molar-refractivity contribution in [2.45, 2.75) is 18.7 Å². The molecule has 0 spiro atoms. The van der Waals surface area contributed by atoms with E-state index in [4.69, 9.17) is 27.7 Å². The van der Waals surface area contributed by atoms with Crippen LogP contribution in [0.1, 0.15) is 11.5 Å². The monoisotopic (exact) mass is 391 g/mol. The molecule has 0 saturated heterocycles. The zero-order valence-corrected chi connectivity index (χ0v) is 15.5. The van der Waals surface area contributed by atoms with Crippen molar-refractivity contribution >= 4 is 44.8 Å². The lowest BCUT2D eigenvalue weighted by atomic mass is 10.3. The topological polar surface area (TPSA) is 92.5 Å². The second-order valence-corrected chi connectivity index (χ2v) is 7.91. The van der Waals surface area contributed by atoms with Gasteiger partial charge in [-0.25, -0.2) is 8.42 Å². The van der Waals surface area contributed by atoms with Gasteiger partial charge in [0.15, 0.2) is 5.76 Å². The van der Waals surface area contributed by atoms with Crippen LogP contribution in [0, 0.1) is 13.8 Å². The van der Waals surface area contributed by atoms with Gasteiger partial charge in [0.05, 0.1) is 17.3 Å². The molecule has 1 aromatic heterocycles. The standard InChI is InChI=1S/C14H15Cl2N3O4S/c1-8-14(9(2)23-18-8)24(21,22)19(3)7-13(20)17-12-6-10(15)4-5-11(12)16/h4-6H,7H2,1-3H3,(H,17,20). The molecule has 0 fully saturated rings. The molecule has 130 valence electrons. The first-order valence-electron chi connectivity index (χ1n) is 6.77. The number of rotatable bonds is 5. The van der Waals surface area contributed by atoms with Crippen LogP contribution in [0.3, 0.4) is 0 Å². The van der Waals surface area contributed by atoms with E-state index in [9.17, 15) is 13.2 Å². The Bertz CT molecular complexity index is 861. The Morgan fingerprint density at radius 1 is 1.33 bits per heavy atom. The third kappa shape index (κ3) is 3.89. The normalized spacial score (nSPS) is 11.8. The summed E-state index contributed by atoms with van der Waals surface area (Å²) in [5.74, 6) is -0.394. The van der Waals surface area contributed by atoms with Gasteiger partial charge >= 0.3 is 0 Å². The Hall–Kier alpha value is -1.61. The number of nitrogens with zero attached hydrogens (tertiary/aromatic N) is 2. The van der Waals surface area contributed by atoms with Crippen molar-refractivity contribution in [3.05, 3.63) is 39.7 Å². The molecule has 0 saturated carbocycles. The number of hydrogen-bond acceptors (Lipinski definition) is 5. The van der Waals surface area contributed by atoms with Gasteiger partial charge in [0.1, 0.15) is 10.6 Å². The molecule has 1 heterocycles. The van der Waals surface area contributed by atoms with Crippen LogP contribution in [0.25, 0.3) is 0 Å². The van der Waals surface area contributed by atoms with E-state index in [1.165, 1.54) is 33.0 Å². The molecule has 0 aliphatic carbocycles. The minimum absolute atomic E-state index is 0.0430. The molecule has 24 heavy (non-hydrogen) atoms. The highest BCUT2D eigenvalue weighted by atomic mass is 35.5. The molecule has 0 unspecified atom stereocenters. The van der Waals surface area contributed by atoms with Crippen molar-refractivity contribution in [2.75, 3.05) is 18.9 Å². The molecule has 0 aliphatic rings. The molecule has 0 aliphatic heterocycles. The van der Waals surface area contributed by atoms with Crippen LogP contribution in [0.15, 0.2) is 27.6 Å². The maximum Gasteiger partial charge on any atom is 0.248 e. The number of aryl methyl sites for hydroxylation is 2. The fraction of sp³-hybridized carbons (Fsp3) is 0.286. The smallest absolute Gasteiger partial charge is 0.248 e. The average molecular weight is 392 g/mol. The van der Waals surface area contributed by atoms with Crippen LogP contribution < -0.4 is 5.32 Å². The Kier molecular flexibility index (Phi) is 5.54. The molecule has 1 aromatic carbocycles. The minimum atomic E-state index is -3.91. The van der Waals surface area contributed by atoms with Crippen molar-refractivity contribution < 1.29 is 17.7 Å². The van der Waals surface area contributed by atoms with Crippen molar-refractivity contribution in [1.82, 2.24) is 9.46 Å². The van der Waals surface area contributed by atoms with Gasteiger partial charge in [-0.1, -0.05) is 28.4 Å². The molecule has 2 rings (SSSR count). The van der Waals surface area contributed by atoms with E-state index in [0.29, 0.717) is 15.7 Å². The average Bonchev–Trinajstić information content (AvgIpc) is 2.82. The predicted octanol–water partition coefficient (Wildman–Crippen LogP) is 2.86. The predicted molar refractivity (Wildman–Crippen MR) is 90.9 cm³/mol. The molecular formula is C14H15Cl2N3O4S. The number of halogens is 2. The molecular weight excluding hydrogens is 377 g/mol. The zero-order chi connectivity index (χ0) is 18.1. The first-order valence-corrected chi connectivity index (χ1v) is 8.96. The van der Waals surface area contributed by atoms with E-state index in [1.54, 1.807) is 6.07 Å². The number of benzene rings is 1. The third-order valence-corrected chi connectivity index (χ3v) is 5.82. The Balaban J connectivity index is 2.15. The summed E-state index contributed by atoms with van der Waals surface area (Å²) >= 11 is 11.8. The summed E-state index contributed by atoms with van der Waals surface area (Å²) in [5, 5.41) is 6.84. The highest BCUT2D eigenvalue weighted by Crippen LogP contribution is 2.26. The number of anilines is 1. The van der Waals surface area contributed by atoms with E-state index in [-0.39, 0.29) is 16.3 Å². The molecule has 0 radical (unpaired) electrons. The van der Waals surface area contributed by atoms with Gasteiger partial charge in [0, 0.05) is 12.1 Å². The Morgan fingerprint density at radius 3 is 2.58 bits per heavy atom. The van der Waals surface area contributed by atoms with Crippen LogP contribution in [0.5, 0.6) is 0 Å². The fourth-order valence-corrected chi connectivity index (χ4v) is 3.82. The van der Waals surface area contributed by atoms with Gasteiger partial charge in [-0.15, -0.1) is 0 Å². The minimum Gasteiger partial charge on any atom is -0.360 e. The van der Waals surface area contributed by atoms with E-state index >= 15 is 0 Å². The summed E-state index contributed by atoms with van der Waals surface area (Å²) in [6.45, 7) is 2.60. The van der Waals surface area contributed by atoms with Gasteiger partial charge in [-0.05, 0) is 32.0 Å². The number of carbonyl (C=O) groups excluding carboxylic acids is 1. The van der Waals surface area contributed by atoms with Gasteiger partial charge in [-0.3, -0.25) is 4.79 Å². The third-order valence-electron chi connectivity index (χ3n) is 3.20. The van der Waals surface area contributed by atoms with Gasteiger partial charge in [0.2, 0.25) is 15.9 Å². The molecule has 7 nitrogen and oxygen atoms in total. The number of amides is 1. The fourth-order valence-electron chi connectivity index (χ4n) is 2.07. The molecule has 0 bridgehead atoms. The van der Waals surface area contributed by atoms with Crippen molar-refractivity contribution in [3.63, 3.8) is 0 Å². The number of nitrogens with one attached hydrogen (secondary N) is 1. The van der Waals surface area contributed by atoms with E-state index in [2.05, 4.69) is 10.5 Å².